The number of carbonyl (C=O) groups is 1. The second-order valence-electron chi connectivity index (χ2n) is 5.84. The molecule has 3 rings (SSSR count). The highest BCUT2D eigenvalue weighted by atomic mass is 32.1. The maximum Gasteiger partial charge on any atom is 0.246 e. The summed E-state index contributed by atoms with van der Waals surface area (Å²) in [5, 5.41) is 3.18. The smallest absolute Gasteiger partial charge is 0.246 e. The van der Waals surface area contributed by atoms with Gasteiger partial charge in [-0.15, -0.1) is 11.3 Å². The molecule has 0 radical (unpaired) electrons. The molecular weight excluding hydrogens is 325 g/mol. The highest BCUT2D eigenvalue weighted by Crippen LogP contribution is 2.13. The zero-order valence-electron chi connectivity index (χ0n) is 13.6. The van der Waals surface area contributed by atoms with Crippen molar-refractivity contribution in [3.8, 4) is 0 Å². The van der Waals surface area contributed by atoms with Crippen molar-refractivity contribution < 1.29 is 9.18 Å². The van der Waals surface area contributed by atoms with Crippen LogP contribution in [-0.4, -0.2) is 46.9 Å². The zero-order chi connectivity index (χ0) is 16.9. The molecule has 6 heteroatoms. The number of hydrogen-bond acceptors (Lipinski definition) is 4. The molecule has 126 valence electrons. The summed E-state index contributed by atoms with van der Waals surface area (Å²) in [6.07, 6.45) is 3.29. The van der Waals surface area contributed by atoms with Gasteiger partial charge in [0.05, 0.1) is 10.7 Å². The van der Waals surface area contributed by atoms with Gasteiger partial charge >= 0.3 is 0 Å². The van der Waals surface area contributed by atoms with Gasteiger partial charge in [-0.05, 0) is 30.7 Å². The second kappa shape index (κ2) is 7.68. The minimum absolute atomic E-state index is 0.00322. The third kappa shape index (κ3) is 4.49. The van der Waals surface area contributed by atoms with Crippen LogP contribution >= 0.6 is 11.3 Å². The van der Waals surface area contributed by atoms with Crippen LogP contribution in [0.25, 0.3) is 6.08 Å². The summed E-state index contributed by atoms with van der Waals surface area (Å²) in [6, 6.07) is 6.10. The van der Waals surface area contributed by atoms with Crippen LogP contribution in [0, 0.1) is 12.7 Å². The predicted molar refractivity (Wildman–Crippen MR) is 94.1 cm³/mol. The maximum atomic E-state index is 12.9. The first-order valence-corrected chi connectivity index (χ1v) is 8.84. The predicted octanol–water partition coefficient (Wildman–Crippen LogP) is 2.95. The minimum atomic E-state index is -0.273. The average molecular weight is 345 g/mol. The SMILES string of the molecule is Cc1nc(CN2CCN(C(=O)/C=C/c3ccc(F)cc3)CC2)cs1. The zero-order valence-corrected chi connectivity index (χ0v) is 14.4. The van der Waals surface area contributed by atoms with Gasteiger partial charge in [0.1, 0.15) is 5.82 Å². The lowest BCUT2D eigenvalue weighted by Gasteiger charge is -2.33. The van der Waals surface area contributed by atoms with Crippen molar-refractivity contribution in [2.24, 2.45) is 0 Å². The molecule has 1 aliphatic rings. The van der Waals surface area contributed by atoms with E-state index in [9.17, 15) is 9.18 Å². The monoisotopic (exact) mass is 345 g/mol. The average Bonchev–Trinajstić information content (AvgIpc) is 2.99. The summed E-state index contributed by atoms with van der Waals surface area (Å²) in [5.41, 5.74) is 1.93. The van der Waals surface area contributed by atoms with E-state index < -0.39 is 0 Å². The number of piperazine rings is 1. The molecule has 24 heavy (non-hydrogen) atoms. The lowest BCUT2D eigenvalue weighted by molar-refractivity contribution is -0.127. The van der Waals surface area contributed by atoms with E-state index in [0.29, 0.717) is 0 Å². The van der Waals surface area contributed by atoms with Gasteiger partial charge in [0.2, 0.25) is 5.91 Å². The molecule has 0 atom stereocenters. The number of thiazole rings is 1. The van der Waals surface area contributed by atoms with E-state index in [-0.39, 0.29) is 11.7 Å². The molecule has 4 nitrogen and oxygen atoms in total. The molecule has 2 aromatic rings. The van der Waals surface area contributed by atoms with E-state index in [4.69, 9.17) is 0 Å². The largest absolute Gasteiger partial charge is 0.337 e. The molecule has 1 aromatic carbocycles. The number of halogens is 1. The lowest BCUT2D eigenvalue weighted by Crippen LogP contribution is -2.47. The maximum absolute atomic E-state index is 12.9. The number of carbonyl (C=O) groups excluding carboxylic acids is 1. The first kappa shape index (κ1) is 16.8. The molecule has 1 fully saturated rings. The molecule has 1 aromatic heterocycles. The summed E-state index contributed by atoms with van der Waals surface area (Å²) in [4.78, 5) is 20.9. The molecule has 2 heterocycles. The highest BCUT2D eigenvalue weighted by molar-refractivity contribution is 7.09. The Hall–Kier alpha value is -2.05. The number of hydrogen-bond donors (Lipinski definition) is 0. The molecule has 1 amide bonds. The van der Waals surface area contributed by atoms with Gasteiger partial charge in [-0.2, -0.15) is 0 Å². The van der Waals surface area contributed by atoms with Gasteiger partial charge in [0.15, 0.2) is 0 Å². The van der Waals surface area contributed by atoms with Crippen molar-refractivity contribution in [3.63, 3.8) is 0 Å². The number of amides is 1. The van der Waals surface area contributed by atoms with Crippen molar-refractivity contribution in [2.45, 2.75) is 13.5 Å². The van der Waals surface area contributed by atoms with Gasteiger partial charge in [0.25, 0.3) is 0 Å². The van der Waals surface area contributed by atoms with E-state index in [1.165, 1.54) is 12.1 Å². The summed E-state index contributed by atoms with van der Waals surface area (Å²) in [7, 11) is 0. The Morgan fingerprint density at radius 2 is 1.96 bits per heavy atom. The van der Waals surface area contributed by atoms with Gasteiger partial charge in [-0.1, -0.05) is 12.1 Å². The van der Waals surface area contributed by atoms with E-state index in [2.05, 4.69) is 15.3 Å². The van der Waals surface area contributed by atoms with Gasteiger partial charge < -0.3 is 4.90 Å². The number of benzene rings is 1. The first-order chi connectivity index (χ1) is 11.6. The molecule has 0 bridgehead atoms. The summed E-state index contributed by atoms with van der Waals surface area (Å²) < 4.78 is 12.9. The van der Waals surface area contributed by atoms with E-state index in [1.54, 1.807) is 35.6 Å². The molecule has 0 unspecified atom stereocenters. The minimum Gasteiger partial charge on any atom is -0.337 e. The Labute approximate surface area is 145 Å². The highest BCUT2D eigenvalue weighted by Gasteiger charge is 2.20. The number of rotatable bonds is 4. The van der Waals surface area contributed by atoms with Crippen molar-refractivity contribution >= 4 is 23.3 Å². The van der Waals surface area contributed by atoms with E-state index >= 15 is 0 Å². The standard InChI is InChI=1S/C18H20FN3OS/c1-14-20-17(13-24-14)12-21-8-10-22(11-9-21)18(23)7-4-15-2-5-16(19)6-3-15/h2-7,13H,8-12H2,1H3/b7-4+. The second-order valence-corrected chi connectivity index (χ2v) is 6.91. The third-order valence-electron chi connectivity index (χ3n) is 4.02. The van der Waals surface area contributed by atoms with Crippen molar-refractivity contribution in [3.05, 3.63) is 57.8 Å². The van der Waals surface area contributed by atoms with Gasteiger partial charge in [0, 0.05) is 44.2 Å². The fourth-order valence-corrected chi connectivity index (χ4v) is 3.29. The Balaban J connectivity index is 1.48. The van der Waals surface area contributed by atoms with Crippen LogP contribution in [0.2, 0.25) is 0 Å². The molecule has 0 saturated carbocycles. The van der Waals surface area contributed by atoms with Crippen LogP contribution in [0.5, 0.6) is 0 Å². The topological polar surface area (TPSA) is 36.4 Å². The molecule has 0 aliphatic carbocycles. The van der Waals surface area contributed by atoms with Gasteiger partial charge in [-0.3, -0.25) is 9.69 Å². The van der Waals surface area contributed by atoms with Crippen molar-refractivity contribution in [2.75, 3.05) is 26.2 Å². The van der Waals surface area contributed by atoms with Crippen LogP contribution in [-0.2, 0) is 11.3 Å². The quantitative estimate of drug-likeness (QED) is 0.800. The number of nitrogens with zero attached hydrogens (tertiary/aromatic N) is 3. The van der Waals surface area contributed by atoms with Crippen LogP contribution < -0.4 is 0 Å². The van der Waals surface area contributed by atoms with Gasteiger partial charge in [-0.25, -0.2) is 9.37 Å². The third-order valence-corrected chi connectivity index (χ3v) is 4.85. The first-order valence-electron chi connectivity index (χ1n) is 7.96. The van der Waals surface area contributed by atoms with Crippen LogP contribution in [0.1, 0.15) is 16.3 Å². The van der Waals surface area contributed by atoms with E-state index in [1.807, 2.05) is 11.8 Å². The Morgan fingerprint density at radius 3 is 2.58 bits per heavy atom. The molecule has 0 N–H and O–H groups in total. The molecule has 1 aliphatic heterocycles. The van der Waals surface area contributed by atoms with E-state index in [0.717, 1.165) is 49.0 Å². The Bertz CT molecular complexity index is 718. The fourth-order valence-electron chi connectivity index (χ4n) is 2.68. The normalized spacial score (nSPS) is 16.0. The molecule has 0 spiro atoms. The van der Waals surface area contributed by atoms with Crippen LogP contribution in [0.3, 0.4) is 0 Å². The molecular formula is C18H20FN3OS. The Kier molecular flexibility index (Phi) is 5.37. The summed E-state index contributed by atoms with van der Waals surface area (Å²) >= 11 is 1.67. The van der Waals surface area contributed by atoms with Crippen LogP contribution in [0.15, 0.2) is 35.7 Å². The number of aromatic nitrogens is 1. The lowest BCUT2D eigenvalue weighted by atomic mass is 10.2. The number of aryl methyl sites for hydroxylation is 1. The summed E-state index contributed by atoms with van der Waals surface area (Å²) in [6.45, 7) is 6.00. The Morgan fingerprint density at radius 1 is 1.25 bits per heavy atom. The fraction of sp³-hybridized carbons (Fsp3) is 0.333. The summed E-state index contributed by atoms with van der Waals surface area (Å²) in [5.74, 6) is -0.270. The van der Waals surface area contributed by atoms with Crippen LogP contribution in [0.4, 0.5) is 4.39 Å². The van der Waals surface area contributed by atoms with Crippen molar-refractivity contribution in [1.29, 1.82) is 0 Å². The van der Waals surface area contributed by atoms with Crippen molar-refractivity contribution in [1.82, 2.24) is 14.8 Å². The molecule has 1 saturated heterocycles.